The molecule has 2 N–H and O–H groups in total. The molecule has 0 amide bonds. The van der Waals surface area contributed by atoms with E-state index < -0.39 is 0 Å². The number of nitrogens with one attached hydrogen (secondary N) is 1. The van der Waals surface area contributed by atoms with Gasteiger partial charge in [-0.05, 0) is 37.8 Å². The molecule has 0 atom stereocenters. The van der Waals surface area contributed by atoms with Crippen molar-refractivity contribution in [2.24, 2.45) is 0 Å². The van der Waals surface area contributed by atoms with Gasteiger partial charge in [0, 0.05) is 38.5 Å². The Balaban J connectivity index is 1.87. The zero-order chi connectivity index (χ0) is 12.8. The zero-order valence-corrected chi connectivity index (χ0v) is 11.1. The maximum atomic E-state index is 8.87. The van der Waals surface area contributed by atoms with Crippen LogP contribution in [0.25, 0.3) is 0 Å². The third kappa shape index (κ3) is 3.96. The maximum Gasteiger partial charge on any atom is 0.128 e. The molecule has 0 aromatic carbocycles. The van der Waals surface area contributed by atoms with E-state index in [1.807, 2.05) is 6.20 Å². The van der Waals surface area contributed by atoms with Crippen LogP contribution in [0, 0.1) is 0 Å². The molecule has 1 saturated carbocycles. The molecule has 0 radical (unpaired) electrons. The van der Waals surface area contributed by atoms with E-state index in [0.717, 1.165) is 37.9 Å². The second-order valence-corrected chi connectivity index (χ2v) is 4.84. The van der Waals surface area contributed by atoms with E-state index in [1.54, 1.807) is 0 Å². The number of aliphatic hydroxyl groups excluding tert-OH is 1. The Morgan fingerprint density at radius 3 is 2.83 bits per heavy atom. The van der Waals surface area contributed by atoms with Gasteiger partial charge >= 0.3 is 0 Å². The first-order chi connectivity index (χ1) is 8.83. The average Bonchev–Trinajstić information content (AvgIpc) is 3.23. The standard InChI is InChI=1S/C14H23N3O/c1-2-17(8-3-9-18)14-7-4-12(11-16-14)10-15-13-5-6-13/h4,7,11,13,15,18H,2-3,5-6,8-10H2,1H3. The van der Waals surface area contributed by atoms with Gasteiger partial charge in [-0.3, -0.25) is 0 Å². The number of rotatable bonds is 8. The van der Waals surface area contributed by atoms with Gasteiger partial charge in [-0.25, -0.2) is 4.98 Å². The van der Waals surface area contributed by atoms with Gasteiger partial charge in [0.15, 0.2) is 0 Å². The number of hydrogen-bond donors (Lipinski definition) is 2. The first kappa shape index (κ1) is 13.3. The van der Waals surface area contributed by atoms with Crippen LogP contribution in [0.5, 0.6) is 0 Å². The number of pyridine rings is 1. The van der Waals surface area contributed by atoms with Gasteiger partial charge in [0.25, 0.3) is 0 Å². The quantitative estimate of drug-likeness (QED) is 0.734. The van der Waals surface area contributed by atoms with Crippen molar-refractivity contribution < 1.29 is 5.11 Å². The molecule has 100 valence electrons. The SMILES string of the molecule is CCN(CCCO)c1ccc(CNC2CC2)cn1. The summed E-state index contributed by atoms with van der Waals surface area (Å²) in [7, 11) is 0. The summed E-state index contributed by atoms with van der Waals surface area (Å²) < 4.78 is 0. The van der Waals surface area contributed by atoms with Gasteiger partial charge in [0.2, 0.25) is 0 Å². The lowest BCUT2D eigenvalue weighted by Gasteiger charge is -2.21. The fraction of sp³-hybridized carbons (Fsp3) is 0.643. The van der Waals surface area contributed by atoms with Gasteiger partial charge in [0.1, 0.15) is 5.82 Å². The molecule has 0 spiro atoms. The van der Waals surface area contributed by atoms with E-state index in [0.29, 0.717) is 0 Å². The first-order valence-electron chi connectivity index (χ1n) is 6.87. The van der Waals surface area contributed by atoms with Gasteiger partial charge in [0.05, 0.1) is 0 Å². The smallest absolute Gasteiger partial charge is 0.128 e. The highest BCUT2D eigenvalue weighted by molar-refractivity contribution is 5.39. The number of aliphatic hydroxyl groups is 1. The Labute approximate surface area is 109 Å². The van der Waals surface area contributed by atoms with Gasteiger partial charge in [-0.2, -0.15) is 0 Å². The van der Waals surface area contributed by atoms with Crippen LogP contribution in [-0.2, 0) is 6.54 Å². The van der Waals surface area contributed by atoms with Crippen molar-refractivity contribution in [3.63, 3.8) is 0 Å². The summed E-state index contributed by atoms with van der Waals surface area (Å²) in [6.07, 6.45) is 5.37. The molecule has 0 saturated heterocycles. The van der Waals surface area contributed by atoms with Crippen LogP contribution in [0.4, 0.5) is 5.82 Å². The van der Waals surface area contributed by atoms with Crippen molar-refractivity contribution in [1.82, 2.24) is 10.3 Å². The fourth-order valence-corrected chi connectivity index (χ4v) is 1.95. The summed E-state index contributed by atoms with van der Waals surface area (Å²) in [4.78, 5) is 6.69. The third-order valence-electron chi connectivity index (χ3n) is 3.27. The molecule has 1 heterocycles. The van der Waals surface area contributed by atoms with E-state index in [1.165, 1.54) is 18.4 Å². The van der Waals surface area contributed by atoms with E-state index in [2.05, 4.69) is 34.3 Å². The Morgan fingerprint density at radius 2 is 2.28 bits per heavy atom. The largest absolute Gasteiger partial charge is 0.396 e. The lowest BCUT2D eigenvalue weighted by atomic mass is 10.2. The molecule has 18 heavy (non-hydrogen) atoms. The van der Waals surface area contributed by atoms with E-state index in [-0.39, 0.29) is 6.61 Å². The minimum atomic E-state index is 0.236. The second kappa shape index (κ2) is 6.71. The van der Waals surface area contributed by atoms with Crippen molar-refractivity contribution in [1.29, 1.82) is 0 Å². The average molecular weight is 249 g/mol. The number of hydrogen-bond acceptors (Lipinski definition) is 4. The molecule has 4 heteroatoms. The fourth-order valence-electron chi connectivity index (χ4n) is 1.95. The van der Waals surface area contributed by atoms with E-state index >= 15 is 0 Å². The lowest BCUT2D eigenvalue weighted by Crippen LogP contribution is -2.25. The van der Waals surface area contributed by atoms with E-state index in [4.69, 9.17) is 5.11 Å². The first-order valence-corrected chi connectivity index (χ1v) is 6.87. The van der Waals surface area contributed by atoms with Crippen LogP contribution in [0.3, 0.4) is 0 Å². The predicted molar refractivity (Wildman–Crippen MR) is 73.7 cm³/mol. The summed E-state index contributed by atoms with van der Waals surface area (Å²) in [6.45, 7) is 5.05. The minimum absolute atomic E-state index is 0.236. The van der Waals surface area contributed by atoms with Crippen LogP contribution in [0.15, 0.2) is 18.3 Å². The Kier molecular flexibility index (Phi) is 4.96. The van der Waals surface area contributed by atoms with Gasteiger partial charge in [-0.15, -0.1) is 0 Å². The molecule has 0 aliphatic heterocycles. The summed E-state index contributed by atoms with van der Waals surface area (Å²) in [5, 5.41) is 12.4. The monoisotopic (exact) mass is 249 g/mol. The Hall–Kier alpha value is -1.13. The van der Waals surface area contributed by atoms with Crippen molar-refractivity contribution in [2.75, 3.05) is 24.6 Å². The zero-order valence-electron chi connectivity index (χ0n) is 11.1. The molecular formula is C14H23N3O. The minimum Gasteiger partial charge on any atom is -0.396 e. The van der Waals surface area contributed by atoms with Crippen molar-refractivity contribution in [3.05, 3.63) is 23.9 Å². The van der Waals surface area contributed by atoms with Gasteiger partial charge < -0.3 is 15.3 Å². The van der Waals surface area contributed by atoms with Crippen LogP contribution in [-0.4, -0.2) is 35.8 Å². The lowest BCUT2D eigenvalue weighted by molar-refractivity contribution is 0.289. The van der Waals surface area contributed by atoms with Crippen LogP contribution in [0.2, 0.25) is 0 Å². The predicted octanol–water partition coefficient (Wildman–Crippen LogP) is 1.54. The van der Waals surface area contributed by atoms with Crippen LogP contribution >= 0.6 is 0 Å². The number of anilines is 1. The normalized spacial score (nSPS) is 14.8. The molecule has 1 aliphatic rings. The summed E-state index contributed by atoms with van der Waals surface area (Å²) in [5.74, 6) is 1.00. The molecule has 1 aromatic heterocycles. The Bertz CT molecular complexity index is 349. The number of aromatic nitrogens is 1. The summed E-state index contributed by atoms with van der Waals surface area (Å²) in [5.41, 5.74) is 1.24. The topological polar surface area (TPSA) is 48.4 Å². The third-order valence-corrected chi connectivity index (χ3v) is 3.27. The molecule has 1 aromatic rings. The highest BCUT2D eigenvalue weighted by Crippen LogP contribution is 2.19. The van der Waals surface area contributed by atoms with Crippen molar-refractivity contribution in [3.8, 4) is 0 Å². The molecule has 2 rings (SSSR count). The Morgan fingerprint density at radius 1 is 1.44 bits per heavy atom. The van der Waals surface area contributed by atoms with Crippen molar-refractivity contribution in [2.45, 2.75) is 38.8 Å². The highest BCUT2D eigenvalue weighted by Gasteiger charge is 2.19. The molecule has 1 aliphatic carbocycles. The highest BCUT2D eigenvalue weighted by atomic mass is 16.3. The van der Waals surface area contributed by atoms with Crippen LogP contribution in [0.1, 0.15) is 31.7 Å². The molecule has 0 unspecified atom stereocenters. The maximum absolute atomic E-state index is 8.87. The summed E-state index contributed by atoms with van der Waals surface area (Å²) in [6, 6.07) is 4.95. The summed E-state index contributed by atoms with van der Waals surface area (Å²) >= 11 is 0. The molecule has 1 fully saturated rings. The van der Waals surface area contributed by atoms with Crippen LogP contribution < -0.4 is 10.2 Å². The molecule has 4 nitrogen and oxygen atoms in total. The second-order valence-electron chi connectivity index (χ2n) is 4.84. The molecular weight excluding hydrogens is 226 g/mol. The van der Waals surface area contributed by atoms with Gasteiger partial charge in [-0.1, -0.05) is 6.07 Å². The van der Waals surface area contributed by atoms with Crippen molar-refractivity contribution >= 4 is 5.82 Å². The number of nitrogens with zero attached hydrogens (tertiary/aromatic N) is 2. The molecule has 0 bridgehead atoms. The van der Waals surface area contributed by atoms with E-state index in [9.17, 15) is 0 Å².